The number of ether oxygens (including phenoxy) is 3. The van der Waals surface area contributed by atoms with Gasteiger partial charge < -0.3 is 14.2 Å². The Hall–Kier alpha value is -3.93. The smallest absolute Gasteiger partial charge is 0.343 e. The van der Waals surface area contributed by atoms with Crippen molar-refractivity contribution >= 4 is 17.8 Å². The molecule has 6 heteroatoms. The van der Waals surface area contributed by atoms with E-state index in [1.807, 2.05) is 6.07 Å². The SMILES string of the molecule is COc1ccc(C(=O)Oc2ccc3c(c2C)O/C(=C\c2cccnc2)C3=O)cc1. The molecule has 29 heavy (non-hydrogen) atoms. The monoisotopic (exact) mass is 387 g/mol. The van der Waals surface area contributed by atoms with E-state index >= 15 is 0 Å². The number of pyridine rings is 1. The van der Waals surface area contributed by atoms with Crippen molar-refractivity contribution in [3.05, 3.63) is 88.9 Å². The van der Waals surface area contributed by atoms with Gasteiger partial charge in [0.1, 0.15) is 17.2 Å². The second-order valence-corrected chi connectivity index (χ2v) is 6.41. The summed E-state index contributed by atoms with van der Waals surface area (Å²) in [5.74, 6) is 0.848. The van der Waals surface area contributed by atoms with E-state index in [9.17, 15) is 9.59 Å². The van der Waals surface area contributed by atoms with Gasteiger partial charge in [-0.3, -0.25) is 9.78 Å². The molecule has 0 amide bonds. The van der Waals surface area contributed by atoms with E-state index in [2.05, 4.69) is 4.98 Å². The van der Waals surface area contributed by atoms with Crippen LogP contribution in [0, 0.1) is 6.92 Å². The van der Waals surface area contributed by atoms with Crippen LogP contribution in [-0.2, 0) is 0 Å². The average Bonchev–Trinajstić information content (AvgIpc) is 3.07. The maximum Gasteiger partial charge on any atom is 0.343 e. The molecular formula is C23H17NO5. The standard InChI is InChI=1S/C23H17NO5/c1-14-19(29-23(26)16-5-7-17(27-2)8-6-16)10-9-18-21(25)20(28-22(14)18)12-15-4-3-11-24-13-15/h3-13H,1-2H3/b20-12-. The first-order valence-corrected chi connectivity index (χ1v) is 8.91. The Bertz CT molecular complexity index is 1120. The number of rotatable bonds is 4. The summed E-state index contributed by atoms with van der Waals surface area (Å²) in [6.45, 7) is 1.75. The summed E-state index contributed by atoms with van der Waals surface area (Å²) >= 11 is 0. The molecule has 0 N–H and O–H groups in total. The first-order chi connectivity index (χ1) is 14.1. The highest BCUT2D eigenvalue weighted by molar-refractivity contribution is 6.15. The van der Waals surface area contributed by atoms with Crippen LogP contribution in [0.15, 0.2) is 66.7 Å². The van der Waals surface area contributed by atoms with Crippen molar-refractivity contribution < 1.29 is 23.8 Å². The first kappa shape index (κ1) is 18.4. The molecule has 2 aromatic carbocycles. The van der Waals surface area contributed by atoms with Gasteiger partial charge in [-0.05, 0) is 61.0 Å². The van der Waals surface area contributed by atoms with Crippen LogP contribution in [0.3, 0.4) is 0 Å². The Kier molecular flexibility index (Phi) is 4.83. The van der Waals surface area contributed by atoms with E-state index in [1.54, 1.807) is 75.0 Å². The molecule has 4 rings (SSSR count). The first-order valence-electron chi connectivity index (χ1n) is 8.91. The highest BCUT2D eigenvalue weighted by Crippen LogP contribution is 2.39. The fourth-order valence-corrected chi connectivity index (χ4v) is 2.98. The molecule has 1 aliphatic heterocycles. The molecule has 0 aliphatic carbocycles. The molecule has 144 valence electrons. The van der Waals surface area contributed by atoms with Crippen LogP contribution in [0.25, 0.3) is 6.08 Å². The predicted molar refractivity (Wildman–Crippen MR) is 106 cm³/mol. The summed E-state index contributed by atoms with van der Waals surface area (Å²) in [6.07, 6.45) is 4.93. The summed E-state index contributed by atoms with van der Waals surface area (Å²) in [4.78, 5) is 29.1. The van der Waals surface area contributed by atoms with Gasteiger partial charge in [0, 0.05) is 18.0 Å². The Labute approximate surface area is 167 Å². The van der Waals surface area contributed by atoms with Crippen molar-refractivity contribution in [3.8, 4) is 17.2 Å². The number of hydrogen-bond donors (Lipinski definition) is 0. The molecule has 0 atom stereocenters. The number of fused-ring (bicyclic) bond motifs is 1. The van der Waals surface area contributed by atoms with Gasteiger partial charge in [0.25, 0.3) is 0 Å². The topological polar surface area (TPSA) is 74.7 Å². The summed E-state index contributed by atoms with van der Waals surface area (Å²) in [5.41, 5.74) is 2.15. The van der Waals surface area contributed by atoms with E-state index in [4.69, 9.17) is 14.2 Å². The maximum absolute atomic E-state index is 12.6. The van der Waals surface area contributed by atoms with Gasteiger partial charge in [-0.2, -0.15) is 0 Å². The van der Waals surface area contributed by atoms with Crippen molar-refractivity contribution in [1.29, 1.82) is 0 Å². The average molecular weight is 387 g/mol. The van der Waals surface area contributed by atoms with Crippen LogP contribution in [0.1, 0.15) is 31.8 Å². The Balaban J connectivity index is 1.58. The minimum atomic E-state index is -0.508. The van der Waals surface area contributed by atoms with Crippen LogP contribution in [0.2, 0.25) is 0 Å². The normalized spacial score (nSPS) is 13.7. The molecule has 1 aromatic heterocycles. The fraction of sp³-hybridized carbons (Fsp3) is 0.0870. The number of nitrogens with zero attached hydrogens (tertiary/aromatic N) is 1. The van der Waals surface area contributed by atoms with Crippen molar-refractivity contribution in [2.75, 3.05) is 7.11 Å². The van der Waals surface area contributed by atoms with E-state index in [1.165, 1.54) is 0 Å². The van der Waals surface area contributed by atoms with Gasteiger partial charge in [-0.25, -0.2) is 4.79 Å². The minimum Gasteiger partial charge on any atom is -0.497 e. The maximum atomic E-state index is 12.6. The third-order valence-corrected chi connectivity index (χ3v) is 4.55. The van der Waals surface area contributed by atoms with E-state index in [-0.39, 0.29) is 11.5 Å². The number of hydrogen-bond acceptors (Lipinski definition) is 6. The van der Waals surface area contributed by atoms with Crippen molar-refractivity contribution in [2.45, 2.75) is 6.92 Å². The number of carbonyl (C=O) groups excluding carboxylic acids is 2. The molecule has 2 heterocycles. The number of carbonyl (C=O) groups is 2. The second kappa shape index (κ2) is 7.59. The van der Waals surface area contributed by atoms with E-state index in [0.29, 0.717) is 33.9 Å². The predicted octanol–water partition coefficient (Wildman–Crippen LogP) is 4.23. The highest BCUT2D eigenvalue weighted by atomic mass is 16.5. The summed E-state index contributed by atoms with van der Waals surface area (Å²) in [7, 11) is 1.56. The van der Waals surface area contributed by atoms with Crippen LogP contribution in [-0.4, -0.2) is 23.8 Å². The van der Waals surface area contributed by atoms with E-state index < -0.39 is 5.97 Å². The molecule has 0 radical (unpaired) electrons. The molecule has 3 aromatic rings. The zero-order chi connectivity index (χ0) is 20.4. The third kappa shape index (κ3) is 3.60. The zero-order valence-corrected chi connectivity index (χ0v) is 15.8. The highest BCUT2D eigenvalue weighted by Gasteiger charge is 2.30. The minimum absolute atomic E-state index is 0.203. The lowest BCUT2D eigenvalue weighted by Crippen LogP contribution is -2.09. The Morgan fingerprint density at radius 3 is 2.59 bits per heavy atom. The third-order valence-electron chi connectivity index (χ3n) is 4.55. The molecule has 0 fully saturated rings. The molecule has 0 spiro atoms. The Morgan fingerprint density at radius 2 is 1.90 bits per heavy atom. The lowest BCUT2D eigenvalue weighted by atomic mass is 10.1. The van der Waals surface area contributed by atoms with Gasteiger partial charge in [-0.1, -0.05) is 6.07 Å². The number of methoxy groups -OCH3 is 1. The molecule has 6 nitrogen and oxygen atoms in total. The lowest BCUT2D eigenvalue weighted by molar-refractivity contribution is 0.0733. The van der Waals surface area contributed by atoms with Gasteiger partial charge in [0.05, 0.1) is 18.2 Å². The van der Waals surface area contributed by atoms with Gasteiger partial charge in [0.2, 0.25) is 5.78 Å². The molecule has 1 aliphatic rings. The van der Waals surface area contributed by atoms with Crippen molar-refractivity contribution in [3.63, 3.8) is 0 Å². The van der Waals surface area contributed by atoms with Crippen LogP contribution in [0.4, 0.5) is 0 Å². The molecule has 0 unspecified atom stereocenters. The summed E-state index contributed by atoms with van der Waals surface area (Å²) in [5, 5.41) is 0. The van der Waals surface area contributed by atoms with Crippen molar-refractivity contribution in [2.24, 2.45) is 0 Å². The van der Waals surface area contributed by atoms with Crippen LogP contribution in [0.5, 0.6) is 17.2 Å². The second-order valence-electron chi connectivity index (χ2n) is 6.41. The zero-order valence-electron chi connectivity index (χ0n) is 15.8. The Morgan fingerprint density at radius 1 is 1.10 bits per heavy atom. The number of esters is 1. The van der Waals surface area contributed by atoms with Gasteiger partial charge in [0.15, 0.2) is 5.76 Å². The molecule has 0 bridgehead atoms. The fourth-order valence-electron chi connectivity index (χ4n) is 2.98. The number of aromatic nitrogens is 1. The summed E-state index contributed by atoms with van der Waals surface area (Å²) < 4.78 is 16.4. The largest absolute Gasteiger partial charge is 0.497 e. The number of ketones is 1. The quantitative estimate of drug-likeness (QED) is 0.379. The van der Waals surface area contributed by atoms with Gasteiger partial charge >= 0.3 is 5.97 Å². The van der Waals surface area contributed by atoms with E-state index in [0.717, 1.165) is 5.56 Å². The molecular weight excluding hydrogens is 370 g/mol. The molecule has 0 saturated heterocycles. The number of benzene rings is 2. The summed E-state index contributed by atoms with van der Waals surface area (Å²) in [6, 6.07) is 13.4. The van der Waals surface area contributed by atoms with Crippen molar-refractivity contribution in [1.82, 2.24) is 4.98 Å². The lowest BCUT2D eigenvalue weighted by Gasteiger charge is -2.10. The molecule has 0 saturated carbocycles. The van der Waals surface area contributed by atoms with Crippen LogP contribution < -0.4 is 14.2 Å². The van der Waals surface area contributed by atoms with Gasteiger partial charge in [-0.15, -0.1) is 0 Å². The number of Topliss-reactive ketones (excluding diaryl/α,β-unsaturated/α-hetero) is 1. The van der Waals surface area contributed by atoms with Crippen LogP contribution >= 0.6 is 0 Å². The number of allylic oxidation sites excluding steroid dienone is 1.